The first-order valence-corrected chi connectivity index (χ1v) is 14.5. The fourth-order valence-electron chi connectivity index (χ4n) is 10.6. The summed E-state index contributed by atoms with van der Waals surface area (Å²) >= 11 is 0. The molecule has 5 saturated carbocycles. The van der Waals surface area contributed by atoms with Gasteiger partial charge in [0.2, 0.25) is 0 Å². The summed E-state index contributed by atoms with van der Waals surface area (Å²) in [6, 6.07) is 0. The van der Waals surface area contributed by atoms with E-state index in [1.54, 1.807) is 0 Å². The monoisotopic (exact) mass is 462 g/mol. The molecule has 0 radical (unpaired) electrons. The summed E-state index contributed by atoms with van der Waals surface area (Å²) in [6.07, 6.45) is 12.2. The first kappa shape index (κ1) is 27.0. The number of carboxylic acids is 1. The molecular weight excluding hydrogens is 408 g/mol. The van der Waals surface area contributed by atoms with Gasteiger partial charge in [-0.25, -0.2) is 0 Å². The molecule has 0 aromatic carbocycles. The van der Waals surface area contributed by atoms with Crippen LogP contribution in [0.25, 0.3) is 0 Å². The van der Waals surface area contributed by atoms with Gasteiger partial charge in [0, 0.05) is 0 Å². The Kier molecular flexibility index (Phi) is 7.76. The van der Waals surface area contributed by atoms with Gasteiger partial charge in [-0.15, -0.1) is 0 Å². The predicted molar refractivity (Wildman–Crippen MR) is 137 cm³/mol. The number of hydrogen-bond acceptors (Lipinski definition) is 2. The Bertz CT molecular complexity index is 701. The first-order chi connectivity index (χ1) is 15.6. The largest absolute Gasteiger partial charge is 0.481 e. The Morgan fingerprint density at radius 1 is 0.697 bits per heavy atom. The lowest BCUT2D eigenvalue weighted by atomic mass is 9.36. The SMILES string of the molecule is CC.CC.CC1(C)C(O)CCC2(C)C1CCC1(C)C3CCC4(C(=O)O)CCCC4C3CCC12. The minimum atomic E-state index is -0.496. The molecule has 9 atom stereocenters. The molecule has 3 nitrogen and oxygen atoms in total. The Morgan fingerprint density at radius 3 is 1.97 bits per heavy atom. The second-order valence-electron chi connectivity index (χ2n) is 12.9. The van der Waals surface area contributed by atoms with Crippen molar-refractivity contribution < 1.29 is 15.0 Å². The summed E-state index contributed by atoms with van der Waals surface area (Å²) in [4.78, 5) is 12.3. The maximum atomic E-state index is 12.3. The molecule has 0 heterocycles. The van der Waals surface area contributed by atoms with Gasteiger partial charge in [-0.05, 0) is 110 Å². The van der Waals surface area contributed by atoms with Crippen LogP contribution in [0.2, 0.25) is 0 Å². The molecule has 0 saturated heterocycles. The van der Waals surface area contributed by atoms with Crippen molar-refractivity contribution >= 4 is 5.97 Å². The van der Waals surface area contributed by atoms with Crippen LogP contribution in [0.5, 0.6) is 0 Å². The average molecular weight is 463 g/mol. The number of carbonyl (C=O) groups is 1. The van der Waals surface area contributed by atoms with E-state index < -0.39 is 11.4 Å². The first-order valence-electron chi connectivity index (χ1n) is 14.5. The smallest absolute Gasteiger partial charge is 0.309 e. The number of hydrogen-bond donors (Lipinski definition) is 2. The van der Waals surface area contributed by atoms with Gasteiger partial charge in [0.25, 0.3) is 0 Å². The van der Waals surface area contributed by atoms with E-state index in [1.165, 1.54) is 32.1 Å². The van der Waals surface area contributed by atoms with Crippen molar-refractivity contribution in [1.82, 2.24) is 0 Å². The molecule has 192 valence electrons. The van der Waals surface area contributed by atoms with Crippen LogP contribution < -0.4 is 0 Å². The van der Waals surface area contributed by atoms with Gasteiger partial charge in [0.1, 0.15) is 0 Å². The minimum Gasteiger partial charge on any atom is -0.481 e. The molecule has 5 aliphatic rings. The van der Waals surface area contributed by atoms with Crippen molar-refractivity contribution in [3.63, 3.8) is 0 Å². The van der Waals surface area contributed by atoms with Crippen LogP contribution in [0, 0.1) is 51.2 Å². The summed E-state index contributed by atoms with van der Waals surface area (Å²) in [5.41, 5.74) is 0.307. The summed E-state index contributed by atoms with van der Waals surface area (Å²) < 4.78 is 0. The van der Waals surface area contributed by atoms with Crippen LogP contribution in [-0.4, -0.2) is 22.3 Å². The van der Waals surface area contributed by atoms with Crippen molar-refractivity contribution in [3.8, 4) is 0 Å². The van der Waals surface area contributed by atoms with Crippen molar-refractivity contribution in [2.24, 2.45) is 51.2 Å². The van der Waals surface area contributed by atoms with E-state index in [-0.39, 0.29) is 11.5 Å². The Balaban J connectivity index is 0.000000728. The highest BCUT2D eigenvalue weighted by Gasteiger charge is 2.67. The highest BCUT2D eigenvalue weighted by molar-refractivity contribution is 5.75. The highest BCUT2D eigenvalue weighted by Crippen LogP contribution is 2.72. The zero-order valence-electron chi connectivity index (χ0n) is 23.0. The summed E-state index contributed by atoms with van der Waals surface area (Å²) in [7, 11) is 0. The molecule has 0 spiro atoms. The van der Waals surface area contributed by atoms with E-state index in [0.29, 0.717) is 34.5 Å². The van der Waals surface area contributed by atoms with Gasteiger partial charge < -0.3 is 10.2 Å². The predicted octanol–water partition coefficient (Wildman–Crippen LogP) is 7.95. The van der Waals surface area contributed by atoms with Crippen LogP contribution in [-0.2, 0) is 4.79 Å². The maximum absolute atomic E-state index is 12.3. The van der Waals surface area contributed by atoms with Gasteiger partial charge in [0.15, 0.2) is 0 Å². The van der Waals surface area contributed by atoms with Gasteiger partial charge in [-0.1, -0.05) is 61.8 Å². The maximum Gasteiger partial charge on any atom is 0.309 e. The van der Waals surface area contributed by atoms with Crippen LogP contribution in [0.4, 0.5) is 0 Å². The topological polar surface area (TPSA) is 57.5 Å². The van der Waals surface area contributed by atoms with Crippen molar-refractivity contribution in [2.75, 3.05) is 0 Å². The Labute approximate surface area is 204 Å². The molecular formula is C30H54O3. The number of aliphatic carboxylic acids is 1. The van der Waals surface area contributed by atoms with Crippen molar-refractivity contribution in [3.05, 3.63) is 0 Å². The number of aliphatic hydroxyl groups excluding tert-OH is 1. The average Bonchev–Trinajstić information content (AvgIpc) is 3.25. The number of rotatable bonds is 1. The molecule has 0 aromatic rings. The summed E-state index contributed by atoms with van der Waals surface area (Å²) in [6.45, 7) is 17.8. The second kappa shape index (κ2) is 9.47. The molecule has 0 aromatic heterocycles. The molecule has 0 amide bonds. The van der Waals surface area contributed by atoms with E-state index in [4.69, 9.17) is 0 Å². The third-order valence-corrected chi connectivity index (χ3v) is 11.9. The van der Waals surface area contributed by atoms with Gasteiger partial charge >= 0.3 is 5.97 Å². The lowest BCUT2D eigenvalue weighted by molar-refractivity contribution is -0.216. The number of aliphatic hydroxyl groups is 1. The minimum absolute atomic E-state index is 0.0155. The quantitative estimate of drug-likeness (QED) is 0.415. The van der Waals surface area contributed by atoms with Gasteiger partial charge in [0.05, 0.1) is 11.5 Å². The van der Waals surface area contributed by atoms with E-state index in [0.717, 1.165) is 44.4 Å². The van der Waals surface area contributed by atoms with Crippen LogP contribution in [0.1, 0.15) is 126 Å². The van der Waals surface area contributed by atoms with E-state index in [2.05, 4.69) is 27.7 Å². The third-order valence-electron chi connectivity index (χ3n) is 11.9. The normalized spacial score (nSPS) is 49.5. The molecule has 0 aliphatic heterocycles. The number of fused-ring (bicyclic) bond motifs is 7. The highest BCUT2D eigenvalue weighted by atomic mass is 16.4. The lowest BCUT2D eigenvalue weighted by Crippen LogP contribution is -2.63. The zero-order valence-corrected chi connectivity index (χ0v) is 23.0. The molecule has 5 aliphatic carbocycles. The lowest BCUT2D eigenvalue weighted by Gasteiger charge is -2.69. The fraction of sp³-hybridized carbons (Fsp3) is 0.967. The molecule has 3 heteroatoms. The Morgan fingerprint density at radius 2 is 1.33 bits per heavy atom. The molecule has 2 N–H and O–H groups in total. The zero-order chi connectivity index (χ0) is 24.8. The molecule has 5 fully saturated rings. The standard InChI is InChI=1S/C26H42O3.2C2H6/c1-23(2)19-10-13-24(3)17-9-15-26(22(28)29)12-5-6-18(26)16(17)7-8-20(24)25(19,4)14-11-21(23)27;2*1-2/h16-21,27H,5-15H2,1-4H3,(H,28,29);2*1-2H3. The second-order valence-corrected chi connectivity index (χ2v) is 12.9. The summed E-state index contributed by atoms with van der Waals surface area (Å²) in [5, 5.41) is 20.9. The molecule has 0 bridgehead atoms. The molecule has 33 heavy (non-hydrogen) atoms. The van der Waals surface area contributed by atoms with Crippen LogP contribution >= 0.6 is 0 Å². The number of carboxylic acid groups (broad SMARTS) is 1. The van der Waals surface area contributed by atoms with E-state index in [9.17, 15) is 15.0 Å². The molecule has 9 unspecified atom stereocenters. The van der Waals surface area contributed by atoms with E-state index >= 15 is 0 Å². The van der Waals surface area contributed by atoms with Crippen LogP contribution in [0.15, 0.2) is 0 Å². The summed E-state index contributed by atoms with van der Waals surface area (Å²) in [5.74, 6) is 2.62. The molecule has 5 rings (SSSR count). The van der Waals surface area contributed by atoms with Crippen LogP contribution in [0.3, 0.4) is 0 Å². The van der Waals surface area contributed by atoms with Crippen molar-refractivity contribution in [1.29, 1.82) is 0 Å². The van der Waals surface area contributed by atoms with Crippen molar-refractivity contribution in [2.45, 2.75) is 132 Å². The van der Waals surface area contributed by atoms with E-state index in [1.807, 2.05) is 27.7 Å². The van der Waals surface area contributed by atoms with Gasteiger partial charge in [-0.3, -0.25) is 4.79 Å². The third kappa shape index (κ3) is 3.73. The Hall–Kier alpha value is -0.570. The fourth-order valence-corrected chi connectivity index (χ4v) is 10.6. The van der Waals surface area contributed by atoms with Gasteiger partial charge in [-0.2, -0.15) is 0 Å².